The van der Waals surface area contributed by atoms with Gasteiger partial charge in [0, 0.05) is 7.05 Å². The fraction of sp³-hybridized carbons (Fsp3) is 0.750. The van der Waals surface area contributed by atoms with Gasteiger partial charge in [0.1, 0.15) is 11.4 Å². The van der Waals surface area contributed by atoms with Crippen molar-refractivity contribution in [1.29, 1.82) is 0 Å². The number of hydrogen-bond donors (Lipinski definition) is 2. The van der Waals surface area contributed by atoms with Crippen molar-refractivity contribution >= 4 is 11.9 Å². The standard InChI is InChI=1S/C8H14N4O/c1-12-7(13)11-6(9)8(12)2-4-10-5-3-8/h10H,2-5H2,1H3,(H2,9,11,13). The highest BCUT2D eigenvalue weighted by Crippen LogP contribution is 2.30. The van der Waals surface area contributed by atoms with Crippen LogP contribution in [0.15, 0.2) is 4.99 Å². The van der Waals surface area contributed by atoms with Crippen molar-refractivity contribution in [2.24, 2.45) is 10.7 Å². The van der Waals surface area contributed by atoms with E-state index in [1.165, 1.54) is 0 Å². The summed E-state index contributed by atoms with van der Waals surface area (Å²) in [4.78, 5) is 16.8. The second-order valence-electron chi connectivity index (χ2n) is 3.62. The maximum absolute atomic E-state index is 11.3. The first kappa shape index (κ1) is 8.50. The van der Waals surface area contributed by atoms with Crippen molar-refractivity contribution in [3.63, 3.8) is 0 Å². The first-order valence-corrected chi connectivity index (χ1v) is 4.50. The molecule has 0 saturated carbocycles. The number of hydrogen-bond acceptors (Lipinski definition) is 3. The van der Waals surface area contributed by atoms with Gasteiger partial charge in [-0.2, -0.15) is 4.99 Å². The molecule has 2 aliphatic heterocycles. The van der Waals surface area contributed by atoms with Crippen molar-refractivity contribution in [3.8, 4) is 0 Å². The van der Waals surface area contributed by atoms with E-state index in [1.54, 1.807) is 11.9 Å². The molecule has 0 unspecified atom stereocenters. The molecule has 72 valence electrons. The van der Waals surface area contributed by atoms with Crippen LogP contribution in [0.5, 0.6) is 0 Å². The molecule has 13 heavy (non-hydrogen) atoms. The molecule has 0 radical (unpaired) electrons. The summed E-state index contributed by atoms with van der Waals surface area (Å²) in [6.07, 6.45) is 1.73. The molecule has 0 bridgehead atoms. The minimum atomic E-state index is -0.289. The fourth-order valence-electron chi connectivity index (χ4n) is 2.07. The van der Waals surface area contributed by atoms with Gasteiger partial charge in [-0.25, -0.2) is 4.79 Å². The molecule has 0 aromatic carbocycles. The maximum Gasteiger partial charge on any atom is 0.345 e. The number of nitrogens with one attached hydrogen (secondary N) is 1. The smallest absolute Gasteiger partial charge is 0.345 e. The number of amides is 2. The number of carbonyl (C=O) groups is 1. The van der Waals surface area contributed by atoms with Crippen LogP contribution < -0.4 is 11.1 Å². The minimum absolute atomic E-state index is 0.209. The van der Waals surface area contributed by atoms with Gasteiger partial charge < -0.3 is 16.0 Å². The number of nitrogens with zero attached hydrogens (tertiary/aromatic N) is 2. The number of likely N-dealkylation sites (N-methyl/N-ethyl adjacent to an activating group) is 1. The molecule has 5 nitrogen and oxygen atoms in total. The molecule has 0 aromatic rings. The third-order valence-corrected chi connectivity index (χ3v) is 3.05. The van der Waals surface area contributed by atoms with E-state index in [0.717, 1.165) is 25.9 Å². The fourth-order valence-corrected chi connectivity index (χ4v) is 2.07. The molecule has 0 aliphatic carbocycles. The van der Waals surface area contributed by atoms with Crippen LogP contribution >= 0.6 is 0 Å². The van der Waals surface area contributed by atoms with Gasteiger partial charge in [0.25, 0.3) is 0 Å². The van der Waals surface area contributed by atoms with Crippen LogP contribution in [0.4, 0.5) is 4.79 Å². The number of rotatable bonds is 0. The number of carbonyl (C=O) groups excluding carboxylic acids is 1. The van der Waals surface area contributed by atoms with Gasteiger partial charge in [0.2, 0.25) is 0 Å². The van der Waals surface area contributed by atoms with Crippen molar-refractivity contribution in [1.82, 2.24) is 10.2 Å². The molecule has 2 aliphatic rings. The monoisotopic (exact) mass is 182 g/mol. The molecule has 1 saturated heterocycles. The third-order valence-electron chi connectivity index (χ3n) is 3.05. The SMILES string of the molecule is CN1C(=O)N=C(N)C12CCNCC2. The van der Waals surface area contributed by atoms with Crippen LogP contribution in [0, 0.1) is 0 Å². The van der Waals surface area contributed by atoms with E-state index in [2.05, 4.69) is 10.3 Å². The Morgan fingerprint density at radius 3 is 2.62 bits per heavy atom. The molecule has 1 fully saturated rings. The van der Waals surface area contributed by atoms with Crippen molar-refractivity contribution in [2.75, 3.05) is 20.1 Å². The van der Waals surface area contributed by atoms with Crippen LogP contribution in [0.1, 0.15) is 12.8 Å². The number of aliphatic imine (C=N–C) groups is 1. The summed E-state index contributed by atoms with van der Waals surface area (Å²) in [5.74, 6) is 0.488. The lowest BCUT2D eigenvalue weighted by atomic mass is 9.87. The zero-order valence-corrected chi connectivity index (χ0v) is 7.71. The predicted molar refractivity (Wildman–Crippen MR) is 49.6 cm³/mol. The minimum Gasteiger partial charge on any atom is -0.385 e. The Morgan fingerprint density at radius 2 is 2.15 bits per heavy atom. The summed E-state index contributed by atoms with van der Waals surface area (Å²) in [6.45, 7) is 1.79. The van der Waals surface area contributed by atoms with E-state index in [0.29, 0.717) is 5.84 Å². The van der Waals surface area contributed by atoms with Crippen LogP contribution in [0.25, 0.3) is 0 Å². The number of nitrogens with two attached hydrogens (primary N) is 1. The third kappa shape index (κ3) is 1.03. The lowest BCUT2D eigenvalue weighted by Crippen LogP contribution is -2.57. The van der Waals surface area contributed by atoms with E-state index < -0.39 is 0 Å². The van der Waals surface area contributed by atoms with Crippen LogP contribution in [0.2, 0.25) is 0 Å². The van der Waals surface area contributed by atoms with Gasteiger partial charge in [0.15, 0.2) is 0 Å². The highest BCUT2D eigenvalue weighted by Gasteiger charge is 2.46. The summed E-state index contributed by atoms with van der Waals surface area (Å²) in [7, 11) is 1.77. The molecule has 3 N–H and O–H groups in total. The molecule has 1 spiro atoms. The normalized spacial score (nSPS) is 26.7. The van der Waals surface area contributed by atoms with Gasteiger partial charge in [-0.1, -0.05) is 0 Å². The van der Waals surface area contributed by atoms with E-state index in [4.69, 9.17) is 5.73 Å². The Morgan fingerprint density at radius 1 is 1.54 bits per heavy atom. The van der Waals surface area contributed by atoms with Crippen LogP contribution in [-0.4, -0.2) is 42.4 Å². The summed E-state index contributed by atoms with van der Waals surface area (Å²) >= 11 is 0. The second-order valence-corrected chi connectivity index (χ2v) is 3.62. The largest absolute Gasteiger partial charge is 0.385 e. The van der Waals surface area contributed by atoms with E-state index in [-0.39, 0.29) is 11.6 Å². The first-order valence-electron chi connectivity index (χ1n) is 4.50. The average molecular weight is 182 g/mol. The zero-order chi connectivity index (χ0) is 9.47. The van der Waals surface area contributed by atoms with Gasteiger partial charge in [0.05, 0.1) is 0 Å². The highest BCUT2D eigenvalue weighted by molar-refractivity contribution is 6.05. The van der Waals surface area contributed by atoms with E-state index in [1.807, 2.05) is 0 Å². The summed E-state index contributed by atoms with van der Waals surface area (Å²) < 4.78 is 0. The topological polar surface area (TPSA) is 70.7 Å². The van der Waals surface area contributed by atoms with Gasteiger partial charge in [-0.3, -0.25) is 0 Å². The molecule has 2 amide bonds. The lowest BCUT2D eigenvalue weighted by molar-refractivity contribution is 0.169. The molecule has 0 atom stereocenters. The molecule has 2 heterocycles. The van der Waals surface area contributed by atoms with Crippen molar-refractivity contribution < 1.29 is 4.79 Å². The van der Waals surface area contributed by atoms with Crippen LogP contribution in [0.3, 0.4) is 0 Å². The quantitative estimate of drug-likeness (QED) is 0.532. The Labute approximate surface area is 77.0 Å². The lowest BCUT2D eigenvalue weighted by Gasteiger charge is -2.38. The van der Waals surface area contributed by atoms with E-state index in [9.17, 15) is 4.79 Å². The zero-order valence-electron chi connectivity index (χ0n) is 7.71. The summed E-state index contributed by atoms with van der Waals surface area (Å²) in [6, 6.07) is -0.209. The van der Waals surface area contributed by atoms with Crippen molar-refractivity contribution in [3.05, 3.63) is 0 Å². The number of amidine groups is 1. The average Bonchev–Trinajstić information content (AvgIpc) is 2.34. The second kappa shape index (κ2) is 2.70. The van der Waals surface area contributed by atoms with Gasteiger partial charge >= 0.3 is 6.03 Å². The molecule has 0 aromatic heterocycles. The summed E-state index contributed by atoms with van der Waals surface area (Å²) in [5, 5.41) is 3.24. The molecule has 5 heteroatoms. The Balaban J connectivity index is 2.30. The van der Waals surface area contributed by atoms with Gasteiger partial charge in [-0.05, 0) is 25.9 Å². The predicted octanol–water partition coefficient (Wildman–Crippen LogP) is -0.469. The number of piperidine rings is 1. The first-order chi connectivity index (χ1) is 6.17. The number of urea groups is 1. The highest BCUT2D eigenvalue weighted by atomic mass is 16.2. The van der Waals surface area contributed by atoms with Crippen LogP contribution in [-0.2, 0) is 0 Å². The summed E-state index contributed by atoms with van der Waals surface area (Å²) in [5.41, 5.74) is 5.50. The van der Waals surface area contributed by atoms with Gasteiger partial charge in [-0.15, -0.1) is 0 Å². The Hall–Kier alpha value is -1.10. The Kier molecular flexibility index (Phi) is 1.76. The molecular weight excluding hydrogens is 168 g/mol. The Bertz CT molecular complexity index is 267. The molecular formula is C8H14N4O. The van der Waals surface area contributed by atoms with E-state index >= 15 is 0 Å². The van der Waals surface area contributed by atoms with Crippen molar-refractivity contribution in [2.45, 2.75) is 18.4 Å². The molecule has 2 rings (SSSR count). The maximum atomic E-state index is 11.3.